The summed E-state index contributed by atoms with van der Waals surface area (Å²) in [6.07, 6.45) is 2.13. The molecule has 0 aliphatic carbocycles. The second kappa shape index (κ2) is 7.99. The van der Waals surface area contributed by atoms with Crippen LogP contribution in [0.4, 0.5) is 0 Å². The van der Waals surface area contributed by atoms with Gasteiger partial charge in [-0.3, -0.25) is 0 Å². The maximum atomic E-state index is 11.8. The summed E-state index contributed by atoms with van der Waals surface area (Å²) in [5.74, 6) is -2.54. The van der Waals surface area contributed by atoms with Crippen molar-refractivity contribution in [1.29, 1.82) is 0 Å². The highest BCUT2D eigenvalue weighted by atomic mass is 32.2. The van der Waals surface area contributed by atoms with Gasteiger partial charge >= 0.3 is 5.97 Å². The van der Waals surface area contributed by atoms with E-state index in [0.29, 0.717) is 6.42 Å². The molecule has 0 aliphatic heterocycles. The number of methoxy groups -OCH3 is 1. The van der Waals surface area contributed by atoms with Crippen molar-refractivity contribution in [2.45, 2.75) is 36.3 Å². The van der Waals surface area contributed by atoms with Gasteiger partial charge < -0.3 is 25.2 Å². The summed E-state index contributed by atoms with van der Waals surface area (Å²) >= 11 is 1.18. The van der Waals surface area contributed by atoms with E-state index in [1.54, 1.807) is 0 Å². The molecule has 0 amide bonds. The molecule has 1 rings (SSSR count). The molecule has 0 aliphatic rings. The SMILES string of the molecule is CCC[C@H](CCO)Sc1c(C(=O)OC)cc(O)c(O)c1O. The molecule has 1 aromatic carbocycles. The van der Waals surface area contributed by atoms with E-state index in [0.717, 1.165) is 18.9 Å². The fourth-order valence-electron chi connectivity index (χ4n) is 1.90. The van der Waals surface area contributed by atoms with Gasteiger partial charge in [0.1, 0.15) is 0 Å². The Labute approximate surface area is 127 Å². The van der Waals surface area contributed by atoms with E-state index in [-0.39, 0.29) is 22.3 Å². The van der Waals surface area contributed by atoms with Crippen molar-refractivity contribution in [3.8, 4) is 17.2 Å². The quantitative estimate of drug-likeness (QED) is 0.347. The Kier molecular flexibility index (Phi) is 6.64. The van der Waals surface area contributed by atoms with Crippen LogP contribution in [0.3, 0.4) is 0 Å². The summed E-state index contributed by atoms with van der Waals surface area (Å²) in [5, 5.41) is 38.2. The number of benzene rings is 1. The number of aliphatic hydroxyl groups excluding tert-OH is 1. The minimum Gasteiger partial charge on any atom is -0.504 e. The largest absolute Gasteiger partial charge is 0.504 e. The Hall–Kier alpha value is -1.60. The molecule has 1 atom stereocenters. The van der Waals surface area contributed by atoms with Crippen molar-refractivity contribution in [2.24, 2.45) is 0 Å². The summed E-state index contributed by atoms with van der Waals surface area (Å²) in [7, 11) is 1.19. The Balaban J connectivity index is 3.24. The maximum absolute atomic E-state index is 11.8. The second-order valence-corrected chi connectivity index (χ2v) is 5.81. The zero-order valence-corrected chi connectivity index (χ0v) is 12.8. The zero-order chi connectivity index (χ0) is 16.0. The Bertz CT molecular complexity index is 497. The summed E-state index contributed by atoms with van der Waals surface area (Å²) in [4.78, 5) is 11.9. The number of esters is 1. The molecular formula is C14H20O6S. The predicted molar refractivity (Wildman–Crippen MR) is 79.0 cm³/mol. The van der Waals surface area contributed by atoms with E-state index >= 15 is 0 Å². The van der Waals surface area contributed by atoms with Crippen LogP contribution in [0.1, 0.15) is 36.5 Å². The summed E-state index contributed by atoms with van der Waals surface area (Å²) in [6.45, 7) is 1.97. The minimum atomic E-state index is -0.720. The zero-order valence-electron chi connectivity index (χ0n) is 12.0. The summed E-state index contributed by atoms with van der Waals surface area (Å²) in [5.41, 5.74) is -0.0191. The molecule has 1 aromatic rings. The van der Waals surface area contributed by atoms with E-state index in [2.05, 4.69) is 4.74 Å². The highest BCUT2D eigenvalue weighted by molar-refractivity contribution is 8.00. The standard InChI is InChI=1S/C14H20O6S/c1-3-4-8(5-6-15)21-13-9(14(19)20-2)7-10(16)11(17)12(13)18/h7-8,15-18H,3-6H2,1-2H3/t8-/m1/s1. The molecule has 0 aromatic heterocycles. The van der Waals surface area contributed by atoms with Crippen LogP contribution >= 0.6 is 11.8 Å². The Morgan fingerprint density at radius 3 is 2.48 bits per heavy atom. The highest BCUT2D eigenvalue weighted by Crippen LogP contribution is 2.46. The van der Waals surface area contributed by atoms with Gasteiger partial charge in [0, 0.05) is 11.9 Å². The number of carbonyl (C=O) groups is 1. The molecule has 21 heavy (non-hydrogen) atoms. The van der Waals surface area contributed by atoms with E-state index in [1.165, 1.54) is 18.9 Å². The fourth-order valence-corrected chi connectivity index (χ4v) is 3.29. The molecule has 0 fully saturated rings. The maximum Gasteiger partial charge on any atom is 0.339 e. The first-order chi connectivity index (χ1) is 9.96. The average molecular weight is 316 g/mol. The van der Waals surface area contributed by atoms with Gasteiger partial charge in [-0.15, -0.1) is 11.8 Å². The predicted octanol–water partition coefficient (Wildman–Crippen LogP) is 2.23. The monoisotopic (exact) mass is 316 g/mol. The average Bonchev–Trinajstić information content (AvgIpc) is 2.47. The summed E-state index contributed by atoms with van der Waals surface area (Å²) in [6, 6.07) is 1.06. The Morgan fingerprint density at radius 2 is 1.95 bits per heavy atom. The van der Waals surface area contributed by atoms with Crippen LogP contribution in [-0.2, 0) is 4.74 Å². The van der Waals surface area contributed by atoms with E-state index < -0.39 is 23.2 Å². The lowest BCUT2D eigenvalue weighted by Gasteiger charge is -2.18. The van der Waals surface area contributed by atoms with Gasteiger partial charge in [-0.2, -0.15) is 0 Å². The van der Waals surface area contributed by atoms with Gasteiger partial charge in [-0.1, -0.05) is 13.3 Å². The van der Waals surface area contributed by atoms with Crippen LogP contribution in [0.15, 0.2) is 11.0 Å². The van der Waals surface area contributed by atoms with Crippen molar-refractivity contribution in [3.05, 3.63) is 11.6 Å². The third-order valence-corrected chi connectivity index (χ3v) is 4.41. The van der Waals surface area contributed by atoms with Crippen LogP contribution in [0, 0.1) is 0 Å². The molecule has 0 unspecified atom stereocenters. The number of aromatic hydroxyl groups is 3. The molecular weight excluding hydrogens is 296 g/mol. The van der Waals surface area contributed by atoms with E-state index in [4.69, 9.17) is 5.11 Å². The molecule has 6 nitrogen and oxygen atoms in total. The lowest BCUT2D eigenvalue weighted by molar-refractivity contribution is 0.0595. The second-order valence-electron chi connectivity index (χ2n) is 4.50. The van der Waals surface area contributed by atoms with Gasteiger partial charge in [0.15, 0.2) is 11.5 Å². The first-order valence-electron chi connectivity index (χ1n) is 6.59. The number of phenols is 3. The molecule has 0 bridgehead atoms. The molecule has 0 heterocycles. The first kappa shape index (κ1) is 17.5. The van der Waals surface area contributed by atoms with Gasteiger partial charge in [0.2, 0.25) is 5.75 Å². The van der Waals surface area contributed by atoms with Crippen LogP contribution < -0.4 is 0 Å². The van der Waals surface area contributed by atoms with Crippen LogP contribution in [0.25, 0.3) is 0 Å². The number of phenolic OH excluding ortho intramolecular Hbond substituents is 3. The molecule has 0 saturated carbocycles. The number of ether oxygens (including phenoxy) is 1. The summed E-state index contributed by atoms with van der Waals surface area (Å²) < 4.78 is 4.62. The van der Waals surface area contributed by atoms with Gasteiger partial charge in [0.25, 0.3) is 0 Å². The van der Waals surface area contributed by atoms with Gasteiger partial charge in [-0.25, -0.2) is 4.79 Å². The fraction of sp³-hybridized carbons (Fsp3) is 0.500. The lowest BCUT2D eigenvalue weighted by Crippen LogP contribution is -2.08. The Morgan fingerprint density at radius 1 is 1.29 bits per heavy atom. The molecule has 0 radical (unpaired) electrons. The minimum absolute atomic E-state index is 0.0178. The number of rotatable bonds is 7. The number of hydrogen-bond donors (Lipinski definition) is 4. The van der Waals surface area contributed by atoms with Crippen molar-refractivity contribution in [1.82, 2.24) is 0 Å². The normalized spacial score (nSPS) is 12.1. The molecule has 118 valence electrons. The molecule has 7 heteroatoms. The van der Waals surface area contributed by atoms with E-state index in [1.807, 2.05) is 6.92 Å². The van der Waals surface area contributed by atoms with Crippen LogP contribution in [-0.4, -0.2) is 45.4 Å². The van der Waals surface area contributed by atoms with Crippen molar-refractivity contribution < 1.29 is 30.0 Å². The van der Waals surface area contributed by atoms with Gasteiger partial charge in [0.05, 0.1) is 17.6 Å². The van der Waals surface area contributed by atoms with Crippen LogP contribution in [0.5, 0.6) is 17.2 Å². The molecule has 4 N–H and O–H groups in total. The smallest absolute Gasteiger partial charge is 0.339 e. The third-order valence-electron chi connectivity index (χ3n) is 2.96. The van der Waals surface area contributed by atoms with Crippen molar-refractivity contribution in [2.75, 3.05) is 13.7 Å². The van der Waals surface area contributed by atoms with Crippen LogP contribution in [0.2, 0.25) is 0 Å². The van der Waals surface area contributed by atoms with Crippen molar-refractivity contribution in [3.63, 3.8) is 0 Å². The topological polar surface area (TPSA) is 107 Å². The molecule has 0 spiro atoms. The van der Waals surface area contributed by atoms with Crippen molar-refractivity contribution >= 4 is 17.7 Å². The number of hydrogen-bond acceptors (Lipinski definition) is 7. The number of aliphatic hydroxyl groups is 1. The third kappa shape index (κ3) is 4.18. The van der Waals surface area contributed by atoms with Gasteiger partial charge in [-0.05, 0) is 18.9 Å². The highest BCUT2D eigenvalue weighted by Gasteiger charge is 2.24. The number of thioether (sulfide) groups is 1. The lowest BCUT2D eigenvalue weighted by atomic mass is 10.2. The van der Waals surface area contributed by atoms with E-state index in [9.17, 15) is 20.1 Å². The number of carbonyl (C=O) groups excluding carboxylic acids is 1. The first-order valence-corrected chi connectivity index (χ1v) is 7.47. The molecule has 0 saturated heterocycles.